The summed E-state index contributed by atoms with van der Waals surface area (Å²) in [7, 11) is 1.66. The second-order valence-corrected chi connectivity index (χ2v) is 5.74. The fraction of sp³-hybridized carbons (Fsp3) is 0.167. The molecule has 1 atom stereocenters. The number of nitro groups is 1. The molecule has 1 amide bonds. The van der Waals surface area contributed by atoms with Crippen LogP contribution in [0.25, 0.3) is 6.08 Å². The van der Waals surface area contributed by atoms with Crippen molar-refractivity contribution in [2.45, 2.75) is 13.0 Å². The fourth-order valence-corrected chi connectivity index (χ4v) is 2.40. The van der Waals surface area contributed by atoms with E-state index >= 15 is 0 Å². The molecule has 0 aliphatic heterocycles. The van der Waals surface area contributed by atoms with E-state index in [1.807, 2.05) is 25.1 Å². The van der Waals surface area contributed by atoms with Gasteiger partial charge in [0.05, 0.1) is 11.0 Å². The quantitative estimate of drug-likeness (QED) is 0.456. The van der Waals surface area contributed by atoms with E-state index in [-0.39, 0.29) is 17.6 Å². The molecular weight excluding hydrogens is 328 g/mol. The lowest BCUT2D eigenvalue weighted by Crippen LogP contribution is -2.28. The van der Waals surface area contributed by atoms with E-state index in [4.69, 9.17) is 11.6 Å². The van der Waals surface area contributed by atoms with Gasteiger partial charge in [0.1, 0.15) is 0 Å². The number of hydrogen-bond acceptors (Lipinski definition) is 3. The van der Waals surface area contributed by atoms with Crippen LogP contribution >= 0.6 is 11.6 Å². The van der Waals surface area contributed by atoms with Crippen LogP contribution in [0.5, 0.6) is 0 Å². The van der Waals surface area contributed by atoms with Gasteiger partial charge in [-0.25, -0.2) is 0 Å². The van der Waals surface area contributed by atoms with Crippen LogP contribution in [0, 0.1) is 10.1 Å². The number of nitro benzene ring substituents is 1. The molecule has 6 heteroatoms. The van der Waals surface area contributed by atoms with Crippen molar-refractivity contribution in [1.82, 2.24) is 4.90 Å². The van der Waals surface area contributed by atoms with Crippen molar-refractivity contribution in [2.24, 2.45) is 0 Å². The van der Waals surface area contributed by atoms with Crippen LogP contribution in [0.1, 0.15) is 24.1 Å². The van der Waals surface area contributed by atoms with Crippen molar-refractivity contribution >= 4 is 29.3 Å². The molecule has 2 aromatic carbocycles. The first-order valence-electron chi connectivity index (χ1n) is 7.34. The number of halogens is 1. The highest BCUT2D eigenvalue weighted by Gasteiger charge is 2.17. The van der Waals surface area contributed by atoms with Gasteiger partial charge in [-0.05, 0) is 30.2 Å². The zero-order valence-corrected chi connectivity index (χ0v) is 14.1. The van der Waals surface area contributed by atoms with E-state index in [1.165, 1.54) is 23.1 Å². The number of carbonyl (C=O) groups is 1. The maximum absolute atomic E-state index is 12.3. The molecular formula is C18H17ClN2O3. The van der Waals surface area contributed by atoms with Gasteiger partial charge in [-0.3, -0.25) is 14.9 Å². The number of carbonyl (C=O) groups excluding carboxylic acids is 1. The normalized spacial score (nSPS) is 12.1. The van der Waals surface area contributed by atoms with Crippen LogP contribution in [0.2, 0.25) is 5.02 Å². The van der Waals surface area contributed by atoms with Crippen molar-refractivity contribution in [3.8, 4) is 0 Å². The van der Waals surface area contributed by atoms with Gasteiger partial charge in [0.25, 0.3) is 5.69 Å². The molecule has 5 nitrogen and oxygen atoms in total. The molecule has 0 bridgehead atoms. The van der Waals surface area contributed by atoms with Gasteiger partial charge in [0.15, 0.2) is 0 Å². The molecule has 0 fully saturated rings. The molecule has 0 unspecified atom stereocenters. The minimum Gasteiger partial charge on any atom is -0.335 e. The number of rotatable bonds is 5. The van der Waals surface area contributed by atoms with Crippen LogP contribution in [0.15, 0.2) is 54.6 Å². The Labute approximate surface area is 145 Å². The molecule has 124 valence electrons. The zero-order valence-electron chi connectivity index (χ0n) is 13.3. The molecule has 0 spiro atoms. The van der Waals surface area contributed by atoms with E-state index in [1.54, 1.807) is 31.3 Å². The van der Waals surface area contributed by atoms with E-state index in [0.29, 0.717) is 10.6 Å². The number of non-ortho nitro benzene ring substituents is 1. The summed E-state index contributed by atoms with van der Waals surface area (Å²) in [6.07, 6.45) is 3.09. The number of likely N-dealkylation sites (N-methyl/N-ethyl adjacent to an activating group) is 1. The van der Waals surface area contributed by atoms with Gasteiger partial charge in [0, 0.05) is 30.3 Å². The van der Waals surface area contributed by atoms with Gasteiger partial charge in [0.2, 0.25) is 5.91 Å². The Morgan fingerprint density at radius 2 is 1.96 bits per heavy atom. The minimum absolute atomic E-state index is 0.00630. The Balaban J connectivity index is 2.14. The van der Waals surface area contributed by atoms with Crippen LogP contribution < -0.4 is 0 Å². The molecule has 2 aromatic rings. The Hall–Kier alpha value is -2.66. The highest BCUT2D eigenvalue weighted by molar-refractivity contribution is 6.32. The van der Waals surface area contributed by atoms with Crippen molar-refractivity contribution in [3.63, 3.8) is 0 Å². The summed E-state index contributed by atoms with van der Waals surface area (Å²) in [5.41, 5.74) is 1.46. The summed E-state index contributed by atoms with van der Waals surface area (Å²) in [4.78, 5) is 24.3. The van der Waals surface area contributed by atoms with E-state index in [9.17, 15) is 14.9 Å². The van der Waals surface area contributed by atoms with Crippen molar-refractivity contribution < 1.29 is 9.72 Å². The zero-order chi connectivity index (χ0) is 17.7. The van der Waals surface area contributed by atoms with E-state index in [2.05, 4.69) is 0 Å². The third kappa shape index (κ3) is 4.20. The van der Waals surface area contributed by atoms with Gasteiger partial charge >= 0.3 is 0 Å². The second-order valence-electron chi connectivity index (χ2n) is 5.33. The summed E-state index contributed by atoms with van der Waals surface area (Å²) < 4.78 is 0. The maximum Gasteiger partial charge on any atom is 0.269 e. The largest absolute Gasteiger partial charge is 0.335 e. The number of nitrogens with zero attached hydrogens (tertiary/aromatic N) is 2. The topological polar surface area (TPSA) is 63.5 Å². The summed E-state index contributed by atoms with van der Waals surface area (Å²) in [6.45, 7) is 1.82. The monoisotopic (exact) mass is 344 g/mol. The first-order chi connectivity index (χ1) is 11.4. The van der Waals surface area contributed by atoms with Gasteiger partial charge in [-0.1, -0.05) is 41.9 Å². The molecule has 0 saturated carbocycles. The highest BCUT2D eigenvalue weighted by Crippen LogP contribution is 2.23. The maximum atomic E-state index is 12.3. The standard InChI is InChI=1S/C18H17ClN2O3/c1-13(15-7-5-8-16(12-15)21(23)24)20(2)18(22)11-10-14-6-3-4-9-17(14)19/h3-13H,1-2H3/b11-10+/t13-/m1/s1. The predicted molar refractivity (Wildman–Crippen MR) is 94.8 cm³/mol. The average Bonchev–Trinajstić information content (AvgIpc) is 2.59. The van der Waals surface area contributed by atoms with Crippen molar-refractivity contribution in [3.05, 3.63) is 80.9 Å². The summed E-state index contributed by atoms with van der Waals surface area (Å²) in [5.74, 6) is -0.214. The lowest BCUT2D eigenvalue weighted by atomic mass is 10.1. The minimum atomic E-state index is -0.449. The molecule has 0 aliphatic carbocycles. The van der Waals surface area contributed by atoms with E-state index < -0.39 is 4.92 Å². The van der Waals surface area contributed by atoms with E-state index in [0.717, 1.165) is 5.56 Å². The molecule has 0 heterocycles. The number of benzene rings is 2. The summed E-state index contributed by atoms with van der Waals surface area (Å²) >= 11 is 6.05. The number of amides is 1. The average molecular weight is 345 g/mol. The first kappa shape index (κ1) is 17.7. The summed E-state index contributed by atoms with van der Waals surface area (Å²) in [6, 6.07) is 13.2. The van der Waals surface area contributed by atoms with Crippen LogP contribution in [0.4, 0.5) is 5.69 Å². The van der Waals surface area contributed by atoms with Crippen LogP contribution in [0.3, 0.4) is 0 Å². The third-order valence-corrected chi connectivity index (χ3v) is 4.15. The Kier molecular flexibility index (Phi) is 5.71. The molecule has 0 aromatic heterocycles. The highest BCUT2D eigenvalue weighted by atomic mass is 35.5. The fourth-order valence-electron chi connectivity index (χ4n) is 2.20. The van der Waals surface area contributed by atoms with Crippen LogP contribution in [-0.2, 0) is 4.79 Å². The molecule has 0 N–H and O–H groups in total. The van der Waals surface area contributed by atoms with Gasteiger partial charge < -0.3 is 4.90 Å². The predicted octanol–water partition coefficient (Wildman–Crippen LogP) is 4.48. The lowest BCUT2D eigenvalue weighted by Gasteiger charge is -2.24. The molecule has 0 radical (unpaired) electrons. The smallest absolute Gasteiger partial charge is 0.269 e. The number of hydrogen-bond donors (Lipinski definition) is 0. The third-order valence-electron chi connectivity index (χ3n) is 3.80. The Morgan fingerprint density at radius 3 is 2.62 bits per heavy atom. The Bertz CT molecular complexity index is 789. The molecule has 24 heavy (non-hydrogen) atoms. The first-order valence-corrected chi connectivity index (χ1v) is 7.71. The summed E-state index contributed by atoms with van der Waals surface area (Å²) in [5, 5.41) is 11.4. The molecule has 2 rings (SSSR count). The van der Waals surface area contributed by atoms with Crippen LogP contribution in [-0.4, -0.2) is 22.8 Å². The van der Waals surface area contributed by atoms with Gasteiger partial charge in [-0.2, -0.15) is 0 Å². The Morgan fingerprint density at radius 1 is 1.25 bits per heavy atom. The molecule has 0 aliphatic rings. The molecule has 0 saturated heterocycles. The SMILES string of the molecule is C[C@H](c1cccc([N+](=O)[O-])c1)N(C)C(=O)/C=C/c1ccccc1Cl. The van der Waals surface area contributed by atoms with Gasteiger partial charge in [-0.15, -0.1) is 0 Å². The van der Waals surface area contributed by atoms with Crippen molar-refractivity contribution in [1.29, 1.82) is 0 Å². The second kappa shape index (κ2) is 7.75. The lowest BCUT2D eigenvalue weighted by molar-refractivity contribution is -0.384. The van der Waals surface area contributed by atoms with Crippen molar-refractivity contribution in [2.75, 3.05) is 7.05 Å².